The second-order valence-corrected chi connectivity index (χ2v) is 6.26. The van der Waals surface area contributed by atoms with E-state index in [0.29, 0.717) is 23.8 Å². The summed E-state index contributed by atoms with van der Waals surface area (Å²) in [6, 6.07) is 9.75. The first-order chi connectivity index (χ1) is 9.78. The molecular formula is C19H25N. The van der Waals surface area contributed by atoms with Crippen LogP contribution in [0.2, 0.25) is 0 Å². The van der Waals surface area contributed by atoms with Crippen LogP contribution in [0, 0.1) is 18.8 Å². The van der Waals surface area contributed by atoms with Gasteiger partial charge in [0, 0.05) is 6.04 Å². The molecule has 1 fully saturated rings. The van der Waals surface area contributed by atoms with Crippen LogP contribution in [0.5, 0.6) is 0 Å². The summed E-state index contributed by atoms with van der Waals surface area (Å²) in [7, 11) is 0. The first-order valence-corrected chi connectivity index (χ1v) is 7.93. The Hall–Kier alpha value is -1.34. The van der Waals surface area contributed by atoms with Crippen LogP contribution in [0.15, 0.2) is 48.6 Å². The van der Waals surface area contributed by atoms with Crippen molar-refractivity contribution in [3.05, 3.63) is 59.7 Å². The third-order valence-corrected chi connectivity index (χ3v) is 4.82. The quantitative estimate of drug-likeness (QED) is 0.865. The molecule has 0 spiro atoms. The van der Waals surface area contributed by atoms with Gasteiger partial charge in [0.05, 0.1) is 0 Å². The van der Waals surface area contributed by atoms with Crippen LogP contribution < -0.4 is 5.32 Å². The zero-order chi connectivity index (χ0) is 13.9. The van der Waals surface area contributed by atoms with E-state index in [-0.39, 0.29) is 0 Å². The minimum Gasteiger partial charge on any atom is -0.314 e. The molecule has 2 aliphatic rings. The Labute approximate surface area is 122 Å². The number of aryl methyl sites for hydroxylation is 1. The zero-order valence-corrected chi connectivity index (χ0v) is 12.5. The Kier molecular flexibility index (Phi) is 4.07. The molecule has 0 aliphatic heterocycles. The highest BCUT2D eigenvalue weighted by molar-refractivity contribution is 5.30. The van der Waals surface area contributed by atoms with E-state index in [2.05, 4.69) is 67.7 Å². The lowest BCUT2D eigenvalue weighted by molar-refractivity contribution is 0.236. The number of rotatable bonds is 3. The summed E-state index contributed by atoms with van der Waals surface area (Å²) in [5.74, 6) is 2.03. The highest BCUT2D eigenvalue weighted by Crippen LogP contribution is 2.44. The smallest absolute Gasteiger partial charge is 0.00788 e. The Balaban J connectivity index is 1.89. The van der Waals surface area contributed by atoms with Gasteiger partial charge in [0.15, 0.2) is 0 Å². The molecule has 1 saturated carbocycles. The molecule has 0 saturated heterocycles. The van der Waals surface area contributed by atoms with Crippen molar-refractivity contribution in [2.24, 2.45) is 11.8 Å². The molecule has 4 atom stereocenters. The fourth-order valence-corrected chi connectivity index (χ4v) is 3.94. The Morgan fingerprint density at radius 3 is 2.80 bits per heavy atom. The van der Waals surface area contributed by atoms with Gasteiger partial charge < -0.3 is 5.32 Å². The van der Waals surface area contributed by atoms with Crippen LogP contribution in [0.3, 0.4) is 0 Å². The highest BCUT2D eigenvalue weighted by Gasteiger charge is 2.36. The molecule has 106 valence electrons. The summed E-state index contributed by atoms with van der Waals surface area (Å²) >= 11 is 0. The van der Waals surface area contributed by atoms with Crippen LogP contribution in [0.4, 0.5) is 0 Å². The van der Waals surface area contributed by atoms with Gasteiger partial charge in [-0.25, -0.2) is 0 Å². The number of allylic oxidation sites excluding steroid dienone is 4. The average Bonchev–Trinajstić information content (AvgIpc) is 2.47. The monoisotopic (exact) mass is 267 g/mol. The van der Waals surface area contributed by atoms with Gasteiger partial charge in [-0.3, -0.25) is 0 Å². The van der Waals surface area contributed by atoms with E-state index >= 15 is 0 Å². The van der Waals surface area contributed by atoms with Gasteiger partial charge in [0.2, 0.25) is 0 Å². The van der Waals surface area contributed by atoms with E-state index in [1.54, 1.807) is 0 Å². The number of hydrogen-bond donors (Lipinski definition) is 1. The van der Waals surface area contributed by atoms with Crippen molar-refractivity contribution >= 4 is 0 Å². The van der Waals surface area contributed by atoms with E-state index in [1.807, 2.05) is 0 Å². The van der Waals surface area contributed by atoms with Crippen molar-refractivity contribution in [2.45, 2.75) is 38.6 Å². The summed E-state index contributed by atoms with van der Waals surface area (Å²) in [6.45, 7) is 5.48. The molecule has 0 bridgehead atoms. The number of fused-ring (bicyclic) bond motifs is 1. The van der Waals surface area contributed by atoms with E-state index in [4.69, 9.17) is 0 Å². The Bertz CT molecular complexity index is 514. The van der Waals surface area contributed by atoms with Crippen LogP contribution >= 0.6 is 0 Å². The lowest BCUT2D eigenvalue weighted by Crippen LogP contribution is -2.40. The Morgan fingerprint density at radius 1 is 1.15 bits per heavy atom. The van der Waals surface area contributed by atoms with Crippen molar-refractivity contribution in [1.29, 1.82) is 0 Å². The number of hydrogen-bond acceptors (Lipinski definition) is 1. The summed E-state index contributed by atoms with van der Waals surface area (Å²) in [5.41, 5.74) is 2.89. The van der Waals surface area contributed by atoms with Crippen molar-refractivity contribution in [3.8, 4) is 0 Å². The average molecular weight is 267 g/mol. The van der Waals surface area contributed by atoms with Crippen molar-refractivity contribution in [2.75, 3.05) is 6.54 Å². The van der Waals surface area contributed by atoms with Gasteiger partial charge in [0.1, 0.15) is 0 Å². The van der Waals surface area contributed by atoms with Gasteiger partial charge in [-0.1, -0.05) is 61.1 Å². The molecule has 0 aromatic heterocycles. The molecule has 0 heterocycles. The fraction of sp³-hybridized carbons (Fsp3) is 0.474. The molecule has 0 radical (unpaired) electrons. The topological polar surface area (TPSA) is 12.0 Å². The Morgan fingerprint density at radius 2 is 2.00 bits per heavy atom. The molecule has 4 unspecified atom stereocenters. The fourth-order valence-electron chi connectivity index (χ4n) is 3.94. The first kappa shape index (κ1) is 13.6. The molecule has 1 aromatic rings. The lowest BCUT2D eigenvalue weighted by atomic mass is 9.66. The van der Waals surface area contributed by atoms with Gasteiger partial charge in [0.25, 0.3) is 0 Å². The largest absolute Gasteiger partial charge is 0.314 e. The standard InChI is InChI=1S/C19H25N/c1-3-20-17-12-16-8-4-5-10-18(16)19(13-17)15-9-6-7-14(2)11-15/h4-11,16-20H,3,12-13H2,1-2H3. The predicted octanol–water partition coefficient (Wildman–Crippen LogP) is 4.21. The molecule has 1 heteroatoms. The predicted molar refractivity (Wildman–Crippen MR) is 85.9 cm³/mol. The van der Waals surface area contributed by atoms with Crippen LogP contribution in [0.25, 0.3) is 0 Å². The van der Waals surface area contributed by atoms with E-state index in [1.165, 1.54) is 24.0 Å². The SMILES string of the molecule is CCNC1CC2C=CC=CC2C(c2cccc(C)c2)C1. The third-order valence-electron chi connectivity index (χ3n) is 4.82. The summed E-state index contributed by atoms with van der Waals surface area (Å²) in [6.07, 6.45) is 11.8. The van der Waals surface area contributed by atoms with E-state index < -0.39 is 0 Å². The first-order valence-electron chi connectivity index (χ1n) is 7.93. The van der Waals surface area contributed by atoms with Crippen LogP contribution in [-0.4, -0.2) is 12.6 Å². The summed E-state index contributed by atoms with van der Waals surface area (Å²) < 4.78 is 0. The second-order valence-electron chi connectivity index (χ2n) is 6.26. The maximum absolute atomic E-state index is 3.67. The molecule has 20 heavy (non-hydrogen) atoms. The molecule has 1 N–H and O–H groups in total. The zero-order valence-electron chi connectivity index (χ0n) is 12.5. The van der Waals surface area contributed by atoms with Gasteiger partial charge in [-0.2, -0.15) is 0 Å². The number of benzene rings is 1. The maximum atomic E-state index is 3.67. The van der Waals surface area contributed by atoms with Crippen LogP contribution in [-0.2, 0) is 0 Å². The van der Waals surface area contributed by atoms with Crippen molar-refractivity contribution in [1.82, 2.24) is 5.32 Å². The normalized spacial score (nSPS) is 32.1. The van der Waals surface area contributed by atoms with Crippen molar-refractivity contribution in [3.63, 3.8) is 0 Å². The molecule has 3 rings (SSSR count). The van der Waals surface area contributed by atoms with E-state index in [9.17, 15) is 0 Å². The molecule has 1 aromatic carbocycles. The molecule has 1 nitrogen and oxygen atoms in total. The summed E-state index contributed by atoms with van der Waals surface area (Å²) in [4.78, 5) is 0. The highest BCUT2D eigenvalue weighted by atomic mass is 14.9. The van der Waals surface area contributed by atoms with Gasteiger partial charge in [-0.05, 0) is 49.6 Å². The number of nitrogens with one attached hydrogen (secondary N) is 1. The molecule has 0 amide bonds. The van der Waals surface area contributed by atoms with Crippen molar-refractivity contribution < 1.29 is 0 Å². The minimum absolute atomic E-state index is 0.652. The van der Waals surface area contributed by atoms with Gasteiger partial charge in [-0.15, -0.1) is 0 Å². The molecular weight excluding hydrogens is 242 g/mol. The van der Waals surface area contributed by atoms with Crippen LogP contribution in [0.1, 0.15) is 36.8 Å². The van der Waals surface area contributed by atoms with E-state index in [0.717, 1.165) is 6.54 Å². The third kappa shape index (κ3) is 2.73. The van der Waals surface area contributed by atoms with Gasteiger partial charge >= 0.3 is 0 Å². The maximum Gasteiger partial charge on any atom is 0.00788 e. The minimum atomic E-state index is 0.652. The second kappa shape index (κ2) is 5.97. The summed E-state index contributed by atoms with van der Waals surface area (Å²) in [5, 5.41) is 3.67. The lowest BCUT2D eigenvalue weighted by Gasteiger charge is -2.41. The molecule has 2 aliphatic carbocycles.